The topological polar surface area (TPSA) is 90.4 Å². The molecule has 11 heteroatoms. The molecule has 2 amide bonds. The molecule has 8 nitrogen and oxygen atoms in total. The lowest BCUT2D eigenvalue weighted by molar-refractivity contribution is -0.128. The molecule has 4 rings (SSSR count). The molecule has 0 bridgehead atoms. The van der Waals surface area contributed by atoms with Crippen molar-refractivity contribution in [1.29, 1.82) is 0 Å². The van der Waals surface area contributed by atoms with Crippen LogP contribution in [0.25, 0.3) is 0 Å². The maximum Gasteiger partial charge on any atom is 0.257 e. The van der Waals surface area contributed by atoms with Gasteiger partial charge in [0.1, 0.15) is 0 Å². The summed E-state index contributed by atoms with van der Waals surface area (Å²) in [4.78, 5) is 30.7. The van der Waals surface area contributed by atoms with Gasteiger partial charge in [-0.15, -0.1) is 4.40 Å². The van der Waals surface area contributed by atoms with Crippen molar-refractivity contribution in [3.05, 3.63) is 57.7 Å². The quantitative estimate of drug-likeness (QED) is 0.659. The molecule has 3 aliphatic rings. The number of halogens is 2. The Bertz CT molecular complexity index is 1090. The Morgan fingerprint density at radius 1 is 0.900 bits per heavy atom. The summed E-state index contributed by atoms with van der Waals surface area (Å²) in [6, 6.07) is 4.67. The molecule has 0 saturated carbocycles. The van der Waals surface area contributed by atoms with Gasteiger partial charge in [0.15, 0.2) is 5.84 Å². The number of nitrogens with zero attached hydrogens (tertiary/aromatic N) is 4. The summed E-state index contributed by atoms with van der Waals surface area (Å²) in [7, 11) is -3.58. The second-order valence-electron chi connectivity index (χ2n) is 7.06. The van der Waals surface area contributed by atoms with E-state index in [0.717, 1.165) is 0 Å². The van der Waals surface area contributed by atoms with Gasteiger partial charge in [-0.1, -0.05) is 23.2 Å². The van der Waals surface area contributed by atoms with Gasteiger partial charge in [-0.3, -0.25) is 9.59 Å². The molecule has 1 saturated heterocycles. The first-order chi connectivity index (χ1) is 14.2. The highest BCUT2D eigenvalue weighted by molar-refractivity contribution is 7.90. The Morgan fingerprint density at radius 2 is 1.50 bits per heavy atom. The number of sulfonamides is 1. The van der Waals surface area contributed by atoms with Crippen molar-refractivity contribution in [2.45, 2.75) is 0 Å². The van der Waals surface area contributed by atoms with E-state index in [9.17, 15) is 18.0 Å². The number of benzene rings is 1. The maximum atomic E-state index is 13.0. The van der Waals surface area contributed by atoms with E-state index < -0.39 is 10.0 Å². The first-order valence-electron chi connectivity index (χ1n) is 9.26. The minimum Gasteiger partial charge on any atom is -0.335 e. The Kier molecular flexibility index (Phi) is 5.61. The van der Waals surface area contributed by atoms with E-state index in [1.54, 1.807) is 51.3 Å². The van der Waals surface area contributed by atoms with Crippen molar-refractivity contribution >= 4 is 50.9 Å². The van der Waals surface area contributed by atoms with E-state index in [1.165, 1.54) is 0 Å². The van der Waals surface area contributed by atoms with Gasteiger partial charge < -0.3 is 14.7 Å². The van der Waals surface area contributed by atoms with Crippen molar-refractivity contribution in [2.75, 3.05) is 38.5 Å². The molecular formula is C19H18Cl2N4O4S. The molecule has 158 valence electrons. The Hall–Kier alpha value is -2.36. The predicted molar refractivity (Wildman–Crippen MR) is 114 cm³/mol. The third-order valence-corrected chi connectivity index (χ3v) is 6.64. The monoisotopic (exact) mass is 468 g/mol. The summed E-state index contributed by atoms with van der Waals surface area (Å²) in [6.07, 6.45) is 4.98. The lowest BCUT2D eigenvalue weighted by Crippen LogP contribution is -2.52. The summed E-state index contributed by atoms with van der Waals surface area (Å²) in [5, 5.41) is 0.759. The second kappa shape index (κ2) is 8.05. The largest absolute Gasteiger partial charge is 0.335 e. The van der Waals surface area contributed by atoms with E-state index in [2.05, 4.69) is 4.40 Å². The van der Waals surface area contributed by atoms with Crippen LogP contribution < -0.4 is 0 Å². The smallest absolute Gasteiger partial charge is 0.257 e. The fraction of sp³-hybridized carbons (Fsp3) is 0.316. The number of piperazine rings is 1. The summed E-state index contributed by atoms with van der Waals surface area (Å²) < 4.78 is 27.6. The zero-order valence-corrected chi connectivity index (χ0v) is 18.1. The summed E-state index contributed by atoms with van der Waals surface area (Å²) in [5.41, 5.74) is 0.631. The van der Waals surface area contributed by atoms with E-state index >= 15 is 0 Å². The SMILES string of the molecule is O=C(C1=CC=CN2CCS(=O)(=O)N=C12)N1CCN(C(=O)c2cc(Cl)cc(Cl)c2)CC1. The number of hydrogen-bond donors (Lipinski definition) is 0. The van der Waals surface area contributed by atoms with Crippen molar-refractivity contribution in [2.24, 2.45) is 4.40 Å². The minimum absolute atomic E-state index is 0.0867. The number of carbonyl (C=O) groups is 2. The van der Waals surface area contributed by atoms with Crippen LogP contribution in [0.15, 0.2) is 46.5 Å². The molecule has 0 aromatic heterocycles. The van der Waals surface area contributed by atoms with Gasteiger partial charge in [-0.25, -0.2) is 8.42 Å². The van der Waals surface area contributed by atoms with Gasteiger partial charge in [0.05, 0.1) is 11.3 Å². The Labute approximate surface area is 184 Å². The minimum atomic E-state index is -3.58. The average Bonchev–Trinajstić information content (AvgIpc) is 2.71. The number of allylic oxidation sites excluding steroid dienone is 2. The molecule has 0 unspecified atom stereocenters. The fourth-order valence-electron chi connectivity index (χ4n) is 3.53. The van der Waals surface area contributed by atoms with E-state index in [4.69, 9.17) is 23.2 Å². The molecule has 30 heavy (non-hydrogen) atoms. The fourth-order valence-corrected chi connectivity index (χ4v) is 5.04. The zero-order chi connectivity index (χ0) is 21.5. The van der Waals surface area contributed by atoms with E-state index in [-0.39, 0.29) is 35.5 Å². The van der Waals surface area contributed by atoms with Crippen molar-refractivity contribution in [3.63, 3.8) is 0 Å². The molecule has 0 aliphatic carbocycles. The first-order valence-corrected chi connectivity index (χ1v) is 11.6. The molecule has 0 N–H and O–H groups in total. The second-order valence-corrected chi connectivity index (χ2v) is 9.69. The highest BCUT2D eigenvalue weighted by Crippen LogP contribution is 2.22. The molecule has 0 atom stereocenters. The van der Waals surface area contributed by atoms with Gasteiger partial charge in [0.25, 0.3) is 21.8 Å². The predicted octanol–water partition coefficient (Wildman–Crippen LogP) is 1.78. The van der Waals surface area contributed by atoms with Gasteiger partial charge in [-0.2, -0.15) is 0 Å². The van der Waals surface area contributed by atoms with Gasteiger partial charge in [0.2, 0.25) is 0 Å². The van der Waals surface area contributed by atoms with Crippen LogP contribution in [0.5, 0.6) is 0 Å². The van der Waals surface area contributed by atoms with E-state index in [0.29, 0.717) is 41.8 Å². The average molecular weight is 469 g/mol. The van der Waals surface area contributed by atoms with E-state index in [1.807, 2.05) is 0 Å². The van der Waals surface area contributed by atoms with Crippen LogP contribution >= 0.6 is 23.2 Å². The van der Waals surface area contributed by atoms with Crippen LogP contribution in [0, 0.1) is 0 Å². The van der Waals surface area contributed by atoms with Crippen LogP contribution in [0.3, 0.4) is 0 Å². The lowest BCUT2D eigenvalue weighted by Gasteiger charge is -2.36. The summed E-state index contributed by atoms with van der Waals surface area (Å²) in [6.45, 7) is 1.57. The standard InChI is InChI=1S/C19H18Cl2N4O4S/c20-14-10-13(11-15(21)12-14)18(26)24-4-6-25(7-5-24)19(27)16-2-1-3-23-8-9-30(28,29)22-17(16)23/h1-3,10-12H,4-9H2. The lowest BCUT2D eigenvalue weighted by atomic mass is 10.1. The number of amides is 2. The van der Waals surface area contributed by atoms with Crippen LogP contribution in [0.4, 0.5) is 0 Å². The Morgan fingerprint density at radius 3 is 2.13 bits per heavy atom. The number of carbonyl (C=O) groups excluding carboxylic acids is 2. The number of hydrogen-bond acceptors (Lipinski definition) is 5. The number of amidine groups is 1. The highest BCUT2D eigenvalue weighted by Gasteiger charge is 2.33. The summed E-state index contributed by atoms with van der Waals surface area (Å²) >= 11 is 12.0. The maximum absolute atomic E-state index is 13.0. The highest BCUT2D eigenvalue weighted by atomic mass is 35.5. The van der Waals surface area contributed by atoms with Crippen LogP contribution in [0.1, 0.15) is 10.4 Å². The third-order valence-electron chi connectivity index (χ3n) is 5.05. The van der Waals surface area contributed by atoms with Gasteiger partial charge >= 0.3 is 0 Å². The molecule has 1 aromatic rings. The number of fused-ring (bicyclic) bond motifs is 1. The molecule has 0 spiro atoms. The first kappa shape index (κ1) is 20.9. The van der Waals surface area contributed by atoms with Crippen LogP contribution in [0.2, 0.25) is 10.0 Å². The molecule has 0 radical (unpaired) electrons. The third kappa shape index (κ3) is 4.23. The normalized spacial score (nSPS) is 20.4. The van der Waals surface area contributed by atoms with Gasteiger partial charge in [0, 0.05) is 54.5 Å². The van der Waals surface area contributed by atoms with Crippen molar-refractivity contribution in [3.8, 4) is 0 Å². The van der Waals surface area contributed by atoms with Crippen LogP contribution in [-0.4, -0.2) is 79.2 Å². The van der Waals surface area contributed by atoms with Gasteiger partial charge in [-0.05, 0) is 30.4 Å². The molecule has 1 fully saturated rings. The molecule has 3 aliphatic heterocycles. The summed E-state index contributed by atoms with van der Waals surface area (Å²) in [5.74, 6) is -0.449. The molecular weight excluding hydrogens is 451 g/mol. The Balaban J connectivity index is 1.46. The van der Waals surface area contributed by atoms with Crippen molar-refractivity contribution < 1.29 is 18.0 Å². The van der Waals surface area contributed by atoms with Crippen molar-refractivity contribution in [1.82, 2.24) is 14.7 Å². The number of rotatable bonds is 2. The zero-order valence-electron chi connectivity index (χ0n) is 15.8. The van der Waals surface area contributed by atoms with Crippen LogP contribution in [-0.2, 0) is 14.8 Å². The molecule has 3 heterocycles. The molecule has 1 aromatic carbocycles.